The van der Waals surface area contributed by atoms with Crippen LogP contribution < -0.4 is 11.1 Å². The highest BCUT2D eigenvalue weighted by Crippen LogP contribution is 2.19. The maximum Gasteiger partial charge on any atom is 0.236 e. The van der Waals surface area contributed by atoms with Crippen LogP contribution in [0.15, 0.2) is 0 Å². The van der Waals surface area contributed by atoms with Crippen molar-refractivity contribution in [2.75, 3.05) is 12.8 Å². The van der Waals surface area contributed by atoms with Crippen molar-refractivity contribution in [2.45, 2.75) is 38.0 Å². The fourth-order valence-corrected chi connectivity index (χ4v) is 0.905. The lowest BCUT2D eigenvalue weighted by molar-refractivity contribution is -0.122. The van der Waals surface area contributed by atoms with Gasteiger partial charge in [0.05, 0.1) is 6.04 Å². The summed E-state index contributed by atoms with van der Waals surface area (Å²) >= 11 is 1.73. The van der Waals surface area contributed by atoms with Crippen LogP contribution in [0.2, 0.25) is 0 Å². The number of rotatable bonds is 5. The summed E-state index contributed by atoms with van der Waals surface area (Å²) in [4.78, 5) is 11.3. The molecule has 0 radical (unpaired) electrons. The maximum atomic E-state index is 11.3. The summed E-state index contributed by atoms with van der Waals surface area (Å²) in [5.74, 6) is -0.0513. The van der Waals surface area contributed by atoms with E-state index >= 15 is 0 Å². The Morgan fingerprint density at radius 3 is 2.54 bits per heavy atom. The number of nitrogens with two attached hydrogens (primary N) is 1. The summed E-state index contributed by atoms with van der Waals surface area (Å²) in [5, 5.41) is 2.84. The van der Waals surface area contributed by atoms with Gasteiger partial charge in [0.25, 0.3) is 0 Å². The van der Waals surface area contributed by atoms with Crippen LogP contribution in [0, 0.1) is 0 Å². The molecule has 13 heavy (non-hydrogen) atoms. The predicted octanol–water partition coefficient (Wildman–Crippen LogP) is 0.981. The maximum absolute atomic E-state index is 11.3. The highest BCUT2D eigenvalue weighted by Gasteiger charge is 2.18. The first-order valence-corrected chi connectivity index (χ1v) is 5.74. The molecule has 78 valence electrons. The molecule has 0 saturated carbocycles. The molecule has 0 aliphatic rings. The van der Waals surface area contributed by atoms with Crippen molar-refractivity contribution >= 4 is 17.7 Å². The van der Waals surface area contributed by atoms with Gasteiger partial charge in [-0.1, -0.05) is 6.92 Å². The van der Waals surface area contributed by atoms with E-state index in [1.54, 1.807) is 11.8 Å². The van der Waals surface area contributed by atoms with Gasteiger partial charge in [-0.05, 0) is 26.5 Å². The summed E-state index contributed by atoms with van der Waals surface area (Å²) in [7, 11) is 0. The monoisotopic (exact) mass is 204 g/mol. The largest absolute Gasteiger partial charge is 0.353 e. The molecule has 0 aromatic heterocycles. The second-order valence-corrected chi connectivity index (χ2v) is 5.21. The van der Waals surface area contributed by atoms with Gasteiger partial charge in [0, 0.05) is 11.3 Å². The highest BCUT2D eigenvalue weighted by molar-refractivity contribution is 7.99. The van der Waals surface area contributed by atoms with Crippen molar-refractivity contribution in [1.82, 2.24) is 5.32 Å². The molecule has 0 spiro atoms. The molecule has 0 saturated heterocycles. The van der Waals surface area contributed by atoms with Crippen LogP contribution in [0.5, 0.6) is 0 Å². The minimum atomic E-state index is -0.363. The van der Waals surface area contributed by atoms with Crippen LogP contribution in [0.3, 0.4) is 0 Å². The summed E-state index contributed by atoms with van der Waals surface area (Å²) in [6.45, 7) is 6.76. The van der Waals surface area contributed by atoms with E-state index in [0.29, 0.717) is 13.0 Å². The Kier molecular flexibility index (Phi) is 5.40. The fraction of sp³-hybridized carbons (Fsp3) is 0.889. The molecule has 0 rings (SSSR count). The molecule has 0 aliphatic heterocycles. The molecule has 1 unspecified atom stereocenters. The number of nitrogens with one attached hydrogen (secondary N) is 1. The van der Waals surface area contributed by atoms with Gasteiger partial charge in [-0.2, -0.15) is 11.8 Å². The van der Waals surface area contributed by atoms with Gasteiger partial charge < -0.3 is 11.1 Å². The molecular weight excluding hydrogens is 184 g/mol. The molecule has 0 aromatic rings. The van der Waals surface area contributed by atoms with Crippen LogP contribution in [0.4, 0.5) is 0 Å². The van der Waals surface area contributed by atoms with Gasteiger partial charge in [0.15, 0.2) is 0 Å². The summed E-state index contributed by atoms with van der Waals surface area (Å²) in [5.41, 5.74) is 5.57. The lowest BCUT2D eigenvalue weighted by Crippen LogP contribution is -2.44. The Bertz CT molecular complexity index is 171. The molecule has 0 aliphatic carbocycles. The first-order chi connectivity index (χ1) is 5.93. The standard InChI is InChI=1S/C9H20N2OS/c1-5-7(10)8(12)11-6-9(2,3)13-4/h7H,5-6,10H2,1-4H3,(H,11,12). The fourth-order valence-electron chi connectivity index (χ4n) is 0.689. The van der Waals surface area contributed by atoms with Crippen LogP contribution >= 0.6 is 11.8 Å². The zero-order valence-corrected chi connectivity index (χ0v) is 9.70. The summed E-state index contributed by atoms with van der Waals surface area (Å²) < 4.78 is 0.0864. The van der Waals surface area contributed by atoms with Crippen molar-refractivity contribution < 1.29 is 4.79 Å². The Balaban J connectivity index is 3.83. The van der Waals surface area contributed by atoms with Gasteiger partial charge in [-0.15, -0.1) is 0 Å². The molecule has 1 amide bonds. The average molecular weight is 204 g/mol. The van der Waals surface area contributed by atoms with Crippen molar-refractivity contribution in [3.8, 4) is 0 Å². The predicted molar refractivity (Wildman–Crippen MR) is 58.9 cm³/mol. The Labute approximate surface area is 84.8 Å². The van der Waals surface area contributed by atoms with E-state index in [2.05, 4.69) is 19.2 Å². The van der Waals surface area contributed by atoms with E-state index in [9.17, 15) is 4.79 Å². The lowest BCUT2D eigenvalue weighted by atomic mass is 10.2. The van der Waals surface area contributed by atoms with Crippen LogP contribution in [-0.2, 0) is 4.79 Å². The van der Waals surface area contributed by atoms with Gasteiger partial charge in [0.2, 0.25) is 5.91 Å². The number of amides is 1. The van der Waals surface area contributed by atoms with E-state index in [-0.39, 0.29) is 16.7 Å². The van der Waals surface area contributed by atoms with Gasteiger partial charge in [-0.3, -0.25) is 4.79 Å². The lowest BCUT2D eigenvalue weighted by Gasteiger charge is -2.23. The van der Waals surface area contributed by atoms with Gasteiger partial charge in [0.1, 0.15) is 0 Å². The first kappa shape index (κ1) is 12.8. The zero-order chi connectivity index (χ0) is 10.5. The van der Waals surface area contributed by atoms with Crippen LogP contribution in [-0.4, -0.2) is 29.5 Å². The molecule has 0 aromatic carbocycles. The third-order valence-corrected chi connectivity index (χ3v) is 3.27. The first-order valence-electron chi connectivity index (χ1n) is 4.51. The third kappa shape index (κ3) is 5.16. The number of thioether (sulfide) groups is 1. The second kappa shape index (κ2) is 5.50. The number of carbonyl (C=O) groups is 1. The molecule has 3 N–H and O–H groups in total. The van der Waals surface area contributed by atoms with Gasteiger partial charge in [-0.25, -0.2) is 0 Å². The van der Waals surface area contributed by atoms with Gasteiger partial charge >= 0.3 is 0 Å². The van der Waals surface area contributed by atoms with E-state index in [4.69, 9.17) is 5.73 Å². The Morgan fingerprint density at radius 1 is 1.62 bits per heavy atom. The molecular formula is C9H20N2OS. The molecule has 0 fully saturated rings. The summed E-state index contributed by atoms with van der Waals surface area (Å²) in [6, 6.07) is -0.363. The molecule has 4 heteroatoms. The molecule has 0 heterocycles. The minimum absolute atomic E-state index is 0.0513. The number of hydrogen-bond acceptors (Lipinski definition) is 3. The van der Waals surface area contributed by atoms with Crippen molar-refractivity contribution in [3.05, 3.63) is 0 Å². The smallest absolute Gasteiger partial charge is 0.236 e. The van der Waals surface area contributed by atoms with E-state index in [1.807, 2.05) is 13.2 Å². The highest BCUT2D eigenvalue weighted by atomic mass is 32.2. The number of hydrogen-bond donors (Lipinski definition) is 2. The molecule has 0 bridgehead atoms. The van der Waals surface area contributed by atoms with E-state index in [0.717, 1.165) is 0 Å². The van der Waals surface area contributed by atoms with E-state index in [1.165, 1.54) is 0 Å². The SMILES string of the molecule is CCC(N)C(=O)NCC(C)(C)SC. The Morgan fingerprint density at radius 2 is 2.15 bits per heavy atom. The molecule has 3 nitrogen and oxygen atoms in total. The molecule has 1 atom stereocenters. The summed E-state index contributed by atoms with van der Waals surface area (Å²) in [6.07, 6.45) is 2.72. The Hall–Kier alpha value is -0.220. The van der Waals surface area contributed by atoms with Crippen molar-refractivity contribution in [2.24, 2.45) is 5.73 Å². The van der Waals surface area contributed by atoms with Crippen LogP contribution in [0.25, 0.3) is 0 Å². The van der Waals surface area contributed by atoms with Crippen LogP contribution in [0.1, 0.15) is 27.2 Å². The topological polar surface area (TPSA) is 55.1 Å². The average Bonchev–Trinajstić information content (AvgIpc) is 2.13. The normalized spacial score (nSPS) is 13.9. The quantitative estimate of drug-likeness (QED) is 0.702. The van der Waals surface area contributed by atoms with E-state index < -0.39 is 0 Å². The van der Waals surface area contributed by atoms with Crippen molar-refractivity contribution in [1.29, 1.82) is 0 Å². The van der Waals surface area contributed by atoms with Crippen molar-refractivity contribution in [3.63, 3.8) is 0 Å². The third-order valence-electron chi connectivity index (χ3n) is 2.02. The second-order valence-electron chi connectivity index (χ2n) is 3.70. The minimum Gasteiger partial charge on any atom is -0.353 e. The zero-order valence-electron chi connectivity index (χ0n) is 8.89. The number of carbonyl (C=O) groups excluding carboxylic acids is 1.